The van der Waals surface area contributed by atoms with Crippen LogP contribution in [0.1, 0.15) is 11.1 Å². The van der Waals surface area contributed by atoms with Crippen LogP contribution in [0.3, 0.4) is 0 Å². The summed E-state index contributed by atoms with van der Waals surface area (Å²) in [5.41, 5.74) is 1.88. The van der Waals surface area contributed by atoms with Crippen LogP contribution < -0.4 is 10.1 Å². The summed E-state index contributed by atoms with van der Waals surface area (Å²) in [6, 6.07) is 14.8. The Bertz CT molecular complexity index is 665. The number of methoxy groups -OCH3 is 1. The molecular formula is C18H21ClN2O3. The Labute approximate surface area is 146 Å². The summed E-state index contributed by atoms with van der Waals surface area (Å²) in [6.07, 6.45) is 0. The van der Waals surface area contributed by atoms with Gasteiger partial charge in [-0.05, 0) is 23.3 Å². The van der Waals surface area contributed by atoms with Crippen molar-refractivity contribution in [2.45, 2.75) is 13.1 Å². The van der Waals surface area contributed by atoms with E-state index in [2.05, 4.69) is 5.32 Å². The third kappa shape index (κ3) is 5.15. The summed E-state index contributed by atoms with van der Waals surface area (Å²) in [5.74, 6) is 0.595. The van der Waals surface area contributed by atoms with E-state index in [4.69, 9.17) is 16.3 Å². The van der Waals surface area contributed by atoms with E-state index < -0.39 is 0 Å². The fourth-order valence-corrected chi connectivity index (χ4v) is 2.57. The fourth-order valence-electron chi connectivity index (χ4n) is 2.29. The van der Waals surface area contributed by atoms with Gasteiger partial charge in [-0.15, -0.1) is 0 Å². The van der Waals surface area contributed by atoms with Gasteiger partial charge in [-0.3, -0.25) is 0 Å². The van der Waals surface area contributed by atoms with Crippen molar-refractivity contribution in [1.82, 2.24) is 10.2 Å². The minimum absolute atomic E-state index is 0.0887. The second-order valence-electron chi connectivity index (χ2n) is 5.26. The highest BCUT2D eigenvalue weighted by atomic mass is 35.5. The number of carbonyl (C=O) groups is 1. The lowest BCUT2D eigenvalue weighted by atomic mass is 10.2. The van der Waals surface area contributed by atoms with Crippen LogP contribution >= 0.6 is 11.6 Å². The molecule has 24 heavy (non-hydrogen) atoms. The van der Waals surface area contributed by atoms with E-state index in [9.17, 15) is 9.90 Å². The summed E-state index contributed by atoms with van der Waals surface area (Å²) in [7, 11) is 1.55. The van der Waals surface area contributed by atoms with Gasteiger partial charge in [-0.1, -0.05) is 48.0 Å². The molecule has 0 aromatic heterocycles. The van der Waals surface area contributed by atoms with Gasteiger partial charge in [0, 0.05) is 19.6 Å². The SMILES string of the molecule is COc1ccc(CNC(=O)N(CCO)Cc2ccccc2)cc1Cl. The van der Waals surface area contributed by atoms with Crippen molar-refractivity contribution in [3.05, 3.63) is 64.7 Å². The molecule has 0 fully saturated rings. The number of rotatable bonds is 7. The van der Waals surface area contributed by atoms with E-state index in [1.165, 1.54) is 0 Å². The number of carbonyl (C=O) groups excluding carboxylic acids is 1. The van der Waals surface area contributed by atoms with Gasteiger partial charge in [-0.25, -0.2) is 4.79 Å². The standard InChI is InChI=1S/C18H21ClN2O3/c1-24-17-8-7-15(11-16(17)19)12-20-18(23)21(9-10-22)13-14-5-3-2-4-6-14/h2-8,11,22H,9-10,12-13H2,1H3,(H,20,23). The van der Waals surface area contributed by atoms with Crippen molar-refractivity contribution in [3.63, 3.8) is 0 Å². The van der Waals surface area contributed by atoms with Crippen LogP contribution in [0.15, 0.2) is 48.5 Å². The summed E-state index contributed by atoms with van der Waals surface area (Å²) < 4.78 is 5.11. The van der Waals surface area contributed by atoms with Crippen molar-refractivity contribution in [3.8, 4) is 5.75 Å². The first-order valence-corrected chi connectivity index (χ1v) is 8.02. The molecule has 2 aromatic rings. The number of nitrogens with zero attached hydrogens (tertiary/aromatic N) is 1. The molecule has 5 nitrogen and oxygen atoms in total. The first kappa shape index (κ1) is 18.1. The van der Waals surface area contributed by atoms with Gasteiger partial charge < -0.3 is 20.1 Å². The van der Waals surface area contributed by atoms with Crippen molar-refractivity contribution in [2.75, 3.05) is 20.3 Å². The zero-order valence-corrected chi connectivity index (χ0v) is 14.3. The zero-order chi connectivity index (χ0) is 17.4. The molecule has 2 N–H and O–H groups in total. The number of hydrogen-bond donors (Lipinski definition) is 2. The molecule has 2 aromatic carbocycles. The average molecular weight is 349 g/mol. The minimum atomic E-state index is -0.236. The quantitative estimate of drug-likeness (QED) is 0.808. The molecule has 2 amide bonds. The second-order valence-corrected chi connectivity index (χ2v) is 5.67. The van der Waals surface area contributed by atoms with Gasteiger partial charge >= 0.3 is 6.03 Å². The molecule has 0 saturated heterocycles. The van der Waals surface area contributed by atoms with Crippen LogP contribution in [0.5, 0.6) is 5.75 Å². The van der Waals surface area contributed by atoms with Crippen molar-refractivity contribution >= 4 is 17.6 Å². The highest BCUT2D eigenvalue weighted by molar-refractivity contribution is 6.32. The van der Waals surface area contributed by atoms with Crippen LogP contribution in [0.2, 0.25) is 5.02 Å². The number of halogens is 1. The molecule has 2 rings (SSSR count). The van der Waals surface area contributed by atoms with Crippen molar-refractivity contribution < 1.29 is 14.6 Å². The van der Waals surface area contributed by atoms with Gasteiger partial charge in [-0.2, -0.15) is 0 Å². The van der Waals surface area contributed by atoms with Gasteiger partial charge in [0.05, 0.1) is 18.7 Å². The number of amides is 2. The molecule has 0 atom stereocenters. The van der Waals surface area contributed by atoms with E-state index in [0.717, 1.165) is 11.1 Å². The van der Waals surface area contributed by atoms with Crippen LogP contribution in [-0.4, -0.2) is 36.3 Å². The number of urea groups is 1. The van der Waals surface area contributed by atoms with E-state index >= 15 is 0 Å². The van der Waals surface area contributed by atoms with E-state index in [1.807, 2.05) is 36.4 Å². The maximum Gasteiger partial charge on any atom is 0.318 e. The zero-order valence-electron chi connectivity index (χ0n) is 13.5. The van der Waals surface area contributed by atoms with E-state index in [1.54, 1.807) is 24.1 Å². The maximum atomic E-state index is 12.4. The third-order valence-electron chi connectivity index (χ3n) is 3.53. The molecule has 0 bridgehead atoms. The lowest BCUT2D eigenvalue weighted by Gasteiger charge is -2.22. The largest absolute Gasteiger partial charge is 0.495 e. The molecule has 0 unspecified atom stereocenters. The number of aliphatic hydroxyl groups excluding tert-OH is 1. The summed E-state index contributed by atoms with van der Waals surface area (Å²) >= 11 is 6.08. The third-order valence-corrected chi connectivity index (χ3v) is 3.83. The minimum Gasteiger partial charge on any atom is -0.495 e. The van der Waals surface area contributed by atoms with E-state index in [0.29, 0.717) is 23.9 Å². The molecule has 0 aliphatic carbocycles. The molecule has 6 heteroatoms. The first-order valence-electron chi connectivity index (χ1n) is 7.64. The molecule has 0 radical (unpaired) electrons. The molecule has 0 saturated carbocycles. The molecule has 0 heterocycles. The molecule has 0 aliphatic heterocycles. The monoisotopic (exact) mass is 348 g/mol. The van der Waals surface area contributed by atoms with Gasteiger partial charge in [0.25, 0.3) is 0 Å². The number of hydrogen-bond acceptors (Lipinski definition) is 3. The lowest BCUT2D eigenvalue weighted by molar-refractivity contribution is 0.173. The van der Waals surface area contributed by atoms with Crippen LogP contribution in [0.4, 0.5) is 4.79 Å². The van der Waals surface area contributed by atoms with Crippen molar-refractivity contribution in [2.24, 2.45) is 0 Å². The molecule has 128 valence electrons. The van der Waals surface area contributed by atoms with Crippen molar-refractivity contribution in [1.29, 1.82) is 0 Å². The van der Waals surface area contributed by atoms with Crippen LogP contribution in [-0.2, 0) is 13.1 Å². The van der Waals surface area contributed by atoms with E-state index in [-0.39, 0.29) is 19.2 Å². The number of nitrogens with one attached hydrogen (secondary N) is 1. The smallest absolute Gasteiger partial charge is 0.318 e. The van der Waals surface area contributed by atoms with Gasteiger partial charge in [0.1, 0.15) is 5.75 Å². The first-order chi connectivity index (χ1) is 11.6. The second kappa shape index (κ2) is 9.15. The molecule has 0 aliphatic rings. The molecule has 0 spiro atoms. The Morgan fingerprint density at radius 2 is 1.96 bits per heavy atom. The summed E-state index contributed by atoms with van der Waals surface area (Å²) in [5, 5.41) is 12.5. The number of aliphatic hydroxyl groups is 1. The topological polar surface area (TPSA) is 61.8 Å². The predicted molar refractivity (Wildman–Crippen MR) is 94.2 cm³/mol. The maximum absolute atomic E-state index is 12.4. The van der Waals surface area contributed by atoms with Gasteiger partial charge in [0.15, 0.2) is 0 Å². The number of benzene rings is 2. The predicted octanol–water partition coefficient (Wildman–Crippen LogP) is 3.05. The van der Waals surface area contributed by atoms with Gasteiger partial charge in [0.2, 0.25) is 0 Å². The summed E-state index contributed by atoms with van der Waals surface area (Å²) in [6.45, 7) is 0.967. The van der Waals surface area contributed by atoms with Crippen LogP contribution in [0.25, 0.3) is 0 Å². The lowest BCUT2D eigenvalue weighted by Crippen LogP contribution is -2.40. The Hall–Kier alpha value is -2.24. The highest BCUT2D eigenvalue weighted by Gasteiger charge is 2.13. The summed E-state index contributed by atoms with van der Waals surface area (Å²) in [4.78, 5) is 13.9. The Kier molecular flexibility index (Phi) is 6.90. The highest BCUT2D eigenvalue weighted by Crippen LogP contribution is 2.24. The Morgan fingerprint density at radius 3 is 2.58 bits per heavy atom. The Morgan fingerprint density at radius 1 is 1.21 bits per heavy atom. The average Bonchev–Trinajstić information content (AvgIpc) is 2.60. The number of ether oxygens (including phenoxy) is 1. The fraction of sp³-hybridized carbons (Fsp3) is 0.278. The Balaban J connectivity index is 1.96. The molecular weight excluding hydrogens is 328 g/mol. The normalized spacial score (nSPS) is 10.3. The van der Waals surface area contributed by atoms with Crippen LogP contribution in [0, 0.1) is 0 Å².